The van der Waals surface area contributed by atoms with E-state index in [1.807, 2.05) is 30.3 Å². The van der Waals surface area contributed by atoms with Crippen molar-refractivity contribution in [3.05, 3.63) is 153 Å². The molecule has 0 bridgehead atoms. The molecule has 1 amide bonds. The first-order chi connectivity index (χ1) is 21.0. The summed E-state index contributed by atoms with van der Waals surface area (Å²) in [7, 11) is 0. The van der Waals surface area contributed by atoms with Gasteiger partial charge in [-0.1, -0.05) is 42.5 Å². The minimum atomic E-state index is -0.531. The van der Waals surface area contributed by atoms with Crippen LogP contribution in [-0.2, 0) is 6.42 Å². The number of hydrogen-bond acceptors (Lipinski definition) is 8. The van der Waals surface area contributed by atoms with E-state index in [2.05, 4.69) is 25.6 Å². The quantitative estimate of drug-likeness (QED) is 0.176. The van der Waals surface area contributed by atoms with Crippen molar-refractivity contribution in [2.45, 2.75) is 6.42 Å². The predicted molar refractivity (Wildman–Crippen MR) is 163 cm³/mol. The average Bonchev–Trinajstić information content (AvgIpc) is 3.02. The van der Waals surface area contributed by atoms with Crippen LogP contribution in [0, 0.1) is 10.1 Å². The van der Waals surface area contributed by atoms with E-state index in [9.17, 15) is 19.7 Å². The van der Waals surface area contributed by atoms with E-state index in [-0.39, 0.29) is 17.1 Å². The Morgan fingerprint density at radius 3 is 2.44 bits per heavy atom. The van der Waals surface area contributed by atoms with E-state index < -0.39 is 10.8 Å². The Balaban J connectivity index is 1.30. The molecule has 43 heavy (non-hydrogen) atoms. The second kappa shape index (κ2) is 11.7. The van der Waals surface area contributed by atoms with Crippen LogP contribution >= 0.6 is 0 Å². The van der Waals surface area contributed by atoms with Crippen LogP contribution in [0.25, 0.3) is 16.9 Å². The fourth-order valence-corrected chi connectivity index (χ4v) is 4.65. The molecule has 2 N–H and O–H groups in total. The molecule has 6 rings (SSSR count). The Morgan fingerprint density at radius 2 is 1.60 bits per heavy atom. The number of rotatable bonds is 8. The molecule has 0 radical (unpaired) electrons. The fraction of sp³-hybridized carbons (Fsp3) is 0.0312. The highest BCUT2D eigenvalue weighted by molar-refractivity contribution is 6.05. The van der Waals surface area contributed by atoms with Gasteiger partial charge in [0.25, 0.3) is 11.5 Å². The molecule has 0 spiro atoms. The van der Waals surface area contributed by atoms with E-state index in [1.54, 1.807) is 66.9 Å². The summed E-state index contributed by atoms with van der Waals surface area (Å²) < 4.78 is 1.50. The van der Waals surface area contributed by atoms with Gasteiger partial charge in [0.15, 0.2) is 5.65 Å². The van der Waals surface area contributed by atoms with Crippen LogP contribution < -0.4 is 16.2 Å². The average molecular weight is 570 g/mol. The van der Waals surface area contributed by atoms with Crippen molar-refractivity contribution >= 4 is 40.0 Å². The molecule has 0 saturated heterocycles. The van der Waals surface area contributed by atoms with Crippen molar-refractivity contribution < 1.29 is 9.72 Å². The number of amides is 1. The Bertz CT molecular complexity index is 2040. The van der Waals surface area contributed by atoms with Crippen LogP contribution in [0.3, 0.4) is 0 Å². The molecule has 3 heterocycles. The van der Waals surface area contributed by atoms with Crippen LogP contribution in [0.15, 0.2) is 120 Å². The zero-order valence-corrected chi connectivity index (χ0v) is 22.5. The Morgan fingerprint density at radius 1 is 0.837 bits per heavy atom. The molecule has 0 unspecified atom stereocenters. The molecule has 0 atom stereocenters. The predicted octanol–water partition coefficient (Wildman–Crippen LogP) is 5.67. The van der Waals surface area contributed by atoms with Gasteiger partial charge in [0.2, 0.25) is 5.82 Å². The van der Waals surface area contributed by atoms with Crippen LogP contribution in [-0.4, -0.2) is 30.3 Å². The second-order valence-corrected chi connectivity index (χ2v) is 9.55. The number of nitro groups is 1. The van der Waals surface area contributed by atoms with E-state index in [4.69, 9.17) is 0 Å². The molecule has 0 saturated carbocycles. The molecule has 6 aromatic rings. The number of aromatic nitrogens is 4. The van der Waals surface area contributed by atoms with Gasteiger partial charge in [0, 0.05) is 41.8 Å². The summed E-state index contributed by atoms with van der Waals surface area (Å²) in [6.45, 7) is 0. The number of pyridine rings is 2. The second-order valence-electron chi connectivity index (χ2n) is 9.55. The van der Waals surface area contributed by atoms with E-state index in [1.165, 1.54) is 22.9 Å². The van der Waals surface area contributed by atoms with Crippen LogP contribution in [0.5, 0.6) is 0 Å². The highest BCUT2D eigenvalue weighted by atomic mass is 16.6. The van der Waals surface area contributed by atoms with Gasteiger partial charge in [0.1, 0.15) is 11.2 Å². The topological polar surface area (TPSA) is 145 Å². The highest BCUT2D eigenvalue weighted by Gasteiger charge is 2.17. The van der Waals surface area contributed by atoms with Crippen molar-refractivity contribution in [3.63, 3.8) is 0 Å². The van der Waals surface area contributed by atoms with Crippen LogP contribution in [0.4, 0.5) is 22.9 Å². The smallest absolute Gasteiger partial charge is 0.311 e. The molecule has 0 fully saturated rings. The first kappa shape index (κ1) is 27.0. The maximum absolute atomic E-state index is 13.7. The van der Waals surface area contributed by atoms with E-state index >= 15 is 0 Å². The lowest BCUT2D eigenvalue weighted by atomic mass is 10.1. The highest BCUT2D eigenvalue weighted by Crippen LogP contribution is 2.25. The minimum Gasteiger partial charge on any atom is -0.334 e. The third kappa shape index (κ3) is 5.81. The maximum atomic E-state index is 13.7. The van der Waals surface area contributed by atoms with E-state index in [0.29, 0.717) is 45.9 Å². The SMILES string of the molecule is O=C(Nc1cccc(-n2c(=O)c(Cc3ccccc3)nc3cccnc32)c1)c1cccc(Nc2ncccc2[N+](=O)[O-])c1. The number of nitrogens with one attached hydrogen (secondary N) is 2. The Labute approximate surface area is 244 Å². The van der Waals surface area contributed by atoms with E-state index in [0.717, 1.165) is 5.56 Å². The summed E-state index contributed by atoms with van der Waals surface area (Å²) in [5.41, 5.74) is 3.54. The summed E-state index contributed by atoms with van der Waals surface area (Å²) in [6, 6.07) is 29.5. The maximum Gasteiger partial charge on any atom is 0.311 e. The lowest BCUT2D eigenvalue weighted by molar-refractivity contribution is -0.384. The third-order valence-electron chi connectivity index (χ3n) is 6.63. The van der Waals surface area contributed by atoms with Gasteiger partial charge in [-0.3, -0.25) is 24.3 Å². The van der Waals surface area contributed by atoms with Crippen LogP contribution in [0.2, 0.25) is 0 Å². The van der Waals surface area contributed by atoms with Gasteiger partial charge in [0.05, 0.1) is 10.6 Å². The molecule has 0 aliphatic carbocycles. The standard InChI is InChI=1S/C32H23N7O4/c40-31(22-10-4-11-23(19-22)35-29-28(39(42)43)15-7-16-33-29)36-24-12-5-13-25(20-24)38-30-26(14-6-17-34-30)37-27(32(38)41)18-21-8-2-1-3-9-21/h1-17,19-20H,18H2,(H,33,35)(H,36,40). The first-order valence-corrected chi connectivity index (χ1v) is 13.2. The summed E-state index contributed by atoms with van der Waals surface area (Å²) in [5, 5.41) is 17.1. The van der Waals surface area contributed by atoms with Crippen molar-refractivity contribution in [2.24, 2.45) is 0 Å². The number of benzene rings is 3. The Hall–Kier alpha value is -6.23. The van der Waals surface area contributed by atoms with Gasteiger partial charge >= 0.3 is 5.69 Å². The van der Waals surface area contributed by atoms with Crippen molar-refractivity contribution in [2.75, 3.05) is 10.6 Å². The third-order valence-corrected chi connectivity index (χ3v) is 6.63. The van der Waals surface area contributed by atoms with Gasteiger partial charge < -0.3 is 10.6 Å². The first-order valence-electron chi connectivity index (χ1n) is 13.2. The van der Waals surface area contributed by atoms with Gasteiger partial charge in [-0.05, 0) is 60.2 Å². The molecular weight excluding hydrogens is 546 g/mol. The van der Waals surface area contributed by atoms with Gasteiger partial charge in [-0.25, -0.2) is 15.0 Å². The lowest BCUT2D eigenvalue weighted by Crippen LogP contribution is -2.25. The summed E-state index contributed by atoms with van der Waals surface area (Å²) in [4.78, 5) is 50.8. The molecular formula is C32H23N7O4. The summed E-state index contributed by atoms with van der Waals surface area (Å²) >= 11 is 0. The molecule has 11 nitrogen and oxygen atoms in total. The summed E-state index contributed by atoms with van der Waals surface area (Å²) in [6.07, 6.45) is 3.40. The van der Waals surface area contributed by atoms with Crippen molar-refractivity contribution in [3.8, 4) is 5.69 Å². The van der Waals surface area contributed by atoms with Crippen molar-refractivity contribution in [1.29, 1.82) is 0 Å². The lowest BCUT2D eigenvalue weighted by Gasteiger charge is -2.13. The van der Waals surface area contributed by atoms with Crippen LogP contribution in [0.1, 0.15) is 21.6 Å². The molecule has 210 valence electrons. The monoisotopic (exact) mass is 569 g/mol. The molecule has 3 aromatic carbocycles. The normalized spacial score (nSPS) is 10.8. The number of hydrogen-bond donors (Lipinski definition) is 2. The fourth-order valence-electron chi connectivity index (χ4n) is 4.65. The number of fused-ring (bicyclic) bond motifs is 1. The van der Waals surface area contributed by atoms with Crippen molar-refractivity contribution in [1.82, 2.24) is 19.5 Å². The molecule has 0 aliphatic rings. The molecule has 11 heteroatoms. The number of nitrogens with zero attached hydrogens (tertiary/aromatic N) is 5. The molecule has 0 aliphatic heterocycles. The van der Waals surface area contributed by atoms with Gasteiger partial charge in [-0.15, -0.1) is 0 Å². The molecule has 3 aromatic heterocycles. The largest absolute Gasteiger partial charge is 0.334 e. The number of anilines is 3. The number of carbonyl (C=O) groups is 1. The number of carbonyl (C=O) groups excluding carboxylic acids is 1. The zero-order chi connectivity index (χ0) is 29.8. The van der Waals surface area contributed by atoms with Gasteiger partial charge in [-0.2, -0.15) is 0 Å². The minimum absolute atomic E-state index is 0.0630. The zero-order valence-electron chi connectivity index (χ0n) is 22.5. The Kier molecular flexibility index (Phi) is 7.34. The summed E-state index contributed by atoms with van der Waals surface area (Å²) in [5.74, 6) is -0.348.